The van der Waals surface area contributed by atoms with Gasteiger partial charge in [0.15, 0.2) is 0 Å². The van der Waals surface area contributed by atoms with Gasteiger partial charge in [-0.25, -0.2) is 0 Å². The van der Waals surface area contributed by atoms with Crippen LogP contribution in [0.15, 0.2) is 39.9 Å². The van der Waals surface area contributed by atoms with Crippen LogP contribution in [0.25, 0.3) is 11.3 Å². The average Bonchev–Trinajstić information content (AvgIpc) is 2.78. The van der Waals surface area contributed by atoms with Gasteiger partial charge in [-0.3, -0.25) is 10.1 Å². The summed E-state index contributed by atoms with van der Waals surface area (Å²) in [5.74, 6) is 0.680. The molecule has 0 bridgehead atoms. The van der Waals surface area contributed by atoms with Crippen LogP contribution in [0, 0.1) is 17.0 Å². The van der Waals surface area contributed by atoms with Gasteiger partial charge in [0.1, 0.15) is 17.7 Å². The number of nitro groups is 1. The van der Waals surface area contributed by atoms with Crippen LogP contribution in [0.3, 0.4) is 0 Å². The highest BCUT2D eigenvalue weighted by Gasteiger charge is 2.17. The molecular formula is C12H10N2O4. The van der Waals surface area contributed by atoms with Gasteiger partial charge in [-0.1, -0.05) is 11.2 Å². The lowest BCUT2D eigenvalue weighted by atomic mass is 10.1. The second kappa shape index (κ2) is 4.70. The summed E-state index contributed by atoms with van der Waals surface area (Å²) >= 11 is 0. The molecule has 92 valence electrons. The van der Waals surface area contributed by atoms with Crippen LogP contribution >= 0.6 is 0 Å². The Bertz CT molecular complexity index is 616. The molecule has 0 saturated carbocycles. The average molecular weight is 246 g/mol. The van der Waals surface area contributed by atoms with Gasteiger partial charge < -0.3 is 9.62 Å². The zero-order valence-electron chi connectivity index (χ0n) is 9.53. The largest absolute Gasteiger partial charge is 0.455 e. The maximum absolute atomic E-state index is 11.0. The van der Waals surface area contributed by atoms with Gasteiger partial charge in [0.25, 0.3) is 5.69 Å². The van der Waals surface area contributed by atoms with Crippen LogP contribution in [0.4, 0.5) is 5.69 Å². The molecule has 1 heterocycles. The van der Waals surface area contributed by atoms with Crippen LogP contribution in [0.2, 0.25) is 0 Å². The molecule has 2 rings (SSSR count). The first-order valence-electron chi connectivity index (χ1n) is 5.14. The van der Waals surface area contributed by atoms with E-state index in [9.17, 15) is 10.1 Å². The Morgan fingerprint density at radius 3 is 2.83 bits per heavy atom. The van der Waals surface area contributed by atoms with Crippen molar-refractivity contribution in [3.05, 3.63) is 51.8 Å². The highest BCUT2D eigenvalue weighted by atomic mass is 16.6. The first-order valence-corrected chi connectivity index (χ1v) is 5.14. The van der Waals surface area contributed by atoms with Crippen LogP contribution in [0.5, 0.6) is 0 Å². The Labute approximate surface area is 102 Å². The zero-order valence-corrected chi connectivity index (χ0v) is 9.53. The molecule has 0 fully saturated rings. The summed E-state index contributed by atoms with van der Waals surface area (Å²) in [6.45, 7) is 1.78. The number of benzene rings is 1. The molecule has 0 aliphatic rings. The molecule has 2 aromatic rings. The van der Waals surface area contributed by atoms with Crippen molar-refractivity contribution in [2.24, 2.45) is 5.16 Å². The summed E-state index contributed by atoms with van der Waals surface area (Å²) in [7, 11) is 0. The van der Waals surface area contributed by atoms with E-state index in [1.165, 1.54) is 6.07 Å². The molecule has 6 nitrogen and oxygen atoms in total. The molecule has 0 unspecified atom stereocenters. The topological polar surface area (TPSA) is 88.9 Å². The van der Waals surface area contributed by atoms with Gasteiger partial charge in [-0.15, -0.1) is 0 Å². The van der Waals surface area contributed by atoms with E-state index in [1.807, 2.05) is 0 Å². The fourth-order valence-corrected chi connectivity index (χ4v) is 1.62. The minimum atomic E-state index is -0.454. The van der Waals surface area contributed by atoms with Gasteiger partial charge in [-0.2, -0.15) is 0 Å². The molecule has 0 aliphatic heterocycles. The van der Waals surface area contributed by atoms with E-state index in [2.05, 4.69) is 5.16 Å². The van der Waals surface area contributed by atoms with Crippen molar-refractivity contribution < 1.29 is 14.5 Å². The fraction of sp³-hybridized carbons (Fsp3) is 0.0833. The van der Waals surface area contributed by atoms with Crippen molar-refractivity contribution in [2.75, 3.05) is 0 Å². The SMILES string of the molecule is Cc1ccc(-c2ccc(/C=N\O)o2)c([N+](=O)[O-])c1. The van der Waals surface area contributed by atoms with E-state index >= 15 is 0 Å². The monoisotopic (exact) mass is 246 g/mol. The van der Waals surface area contributed by atoms with Crippen molar-refractivity contribution in [3.8, 4) is 11.3 Å². The maximum Gasteiger partial charge on any atom is 0.280 e. The lowest BCUT2D eigenvalue weighted by Gasteiger charge is -2.00. The highest BCUT2D eigenvalue weighted by molar-refractivity contribution is 5.78. The first-order chi connectivity index (χ1) is 8.61. The third-order valence-corrected chi connectivity index (χ3v) is 2.43. The first kappa shape index (κ1) is 11.8. The normalized spacial score (nSPS) is 10.9. The lowest BCUT2D eigenvalue weighted by Crippen LogP contribution is -1.92. The molecule has 0 atom stereocenters. The molecule has 0 radical (unpaired) electrons. The van der Waals surface area contributed by atoms with E-state index in [4.69, 9.17) is 9.62 Å². The van der Waals surface area contributed by atoms with Crippen LogP contribution in [0.1, 0.15) is 11.3 Å². The van der Waals surface area contributed by atoms with E-state index in [0.29, 0.717) is 17.1 Å². The smallest absolute Gasteiger partial charge is 0.280 e. The summed E-state index contributed by atoms with van der Waals surface area (Å²) in [6.07, 6.45) is 1.11. The number of nitro benzene ring substituents is 1. The van der Waals surface area contributed by atoms with Gasteiger partial charge in [0.2, 0.25) is 0 Å². The van der Waals surface area contributed by atoms with Crippen molar-refractivity contribution >= 4 is 11.9 Å². The Morgan fingerprint density at radius 1 is 1.39 bits per heavy atom. The minimum absolute atomic E-state index is 0.0168. The van der Waals surface area contributed by atoms with Crippen LogP contribution in [-0.2, 0) is 0 Å². The number of furan rings is 1. The summed E-state index contributed by atoms with van der Waals surface area (Å²) in [5, 5.41) is 22.2. The molecule has 1 N–H and O–H groups in total. The number of aryl methyl sites for hydroxylation is 1. The highest BCUT2D eigenvalue weighted by Crippen LogP contribution is 2.31. The third kappa shape index (κ3) is 2.22. The number of hydrogen-bond donors (Lipinski definition) is 1. The molecule has 1 aromatic heterocycles. The zero-order chi connectivity index (χ0) is 13.1. The van der Waals surface area contributed by atoms with Gasteiger partial charge >= 0.3 is 0 Å². The summed E-state index contributed by atoms with van der Waals surface area (Å²) in [4.78, 5) is 10.5. The van der Waals surface area contributed by atoms with Crippen molar-refractivity contribution in [3.63, 3.8) is 0 Å². The molecule has 6 heteroatoms. The summed E-state index contributed by atoms with van der Waals surface area (Å²) in [5.41, 5.74) is 1.18. The number of rotatable bonds is 3. The van der Waals surface area contributed by atoms with Crippen molar-refractivity contribution in [2.45, 2.75) is 6.92 Å². The molecular weight excluding hydrogens is 236 g/mol. The van der Waals surface area contributed by atoms with E-state index in [1.54, 1.807) is 31.2 Å². The number of nitrogens with zero attached hydrogens (tertiary/aromatic N) is 2. The molecule has 1 aromatic carbocycles. The van der Waals surface area contributed by atoms with Crippen LogP contribution in [-0.4, -0.2) is 16.3 Å². The predicted octanol–water partition coefficient (Wildman–Crippen LogP) is 2.97. The Balaban J connectivity index is 2.52. The predicted molar refractivity (Wildman–Crippen MR) is 64.9 cm³/mol. The van der Waals surface area contributed by atoms with Gasteiger partial charge in [0.05, 0.1) is 10.5 Å². The van der Waals surface area contributed by atoms with E-state index < -0.39 is 4.92 Å². The molecule has 0 amide bonds. The molecule has 0 saturated heterocycles. The van der Waals surface area contributed by atoms with Gasteiger partial charge in [0, 0.05) is 6.07 Å². The fourth-order valence-electron chi connectivity index (χ4n) is 1.62. The minimum Gasteiger partial charge on any atom is -0.455 e. The summed E-state index contributed by atoms with van der Waals surface area (Å²) in [6, 6.07) is 8.04. The molecule has 18 heavy (non-hydrogen) atoms. The number of oxime groups is 1. The Morgan fingerprint density at radius 2 is 2.17 bits per heavy atom. The van der Waals surface area contributed by atoms with E-state index in [0.717, 1.165) is 11.8 Å². The number of hydrogen-bond acceptors (Lipinski definition) is 5. The van der Waals surface area contributed by atoms with E-state index in [-0.39, 0.29) is 5.69 Å². The molecule has 0 aliphatic carbocycles. The molecule has 0 spiro atoms. The second-order valence-electron chi connectivity index (χ2n) is 3.72. The lowest BCUT2D eigenvalue weighted by molar-refractivity contribution is -0.384. The summed E-state index contributed by atoms with van der Waals surface area (Å²) < 4.78 is 5.33. The third-order valence-electron chi connectivity index (χ3n) is 2.43. The maximum atomic E-state index is 11.0. The quantitative estimate of drug-likeness (QED) is 0.390. The standard InChI is InChI=1S/C12H10N2O4/c1-8-2-4-10(11(6-8)14(16)17)12-5-3-9(18-12)7-13-15/h2-7,15H,1H3/b13-7-. The van der Waals surface area contributed by atoms with Crippen molar-refractivity contribution in [1.29, 1.82) is 0 Å². The Kier molecular flexibility index (Phi) is 3.09. The van der Waals surface area contributed by atoms with Gasteiger partial charge in [-0.05, 0) is 30.7 Å². The Hall–Kier alpha value is -2.63. The van der Waals surface area contributed by atoms with Crippen LogP contribution < -0.4 is 0 Å². The van der Waals surface area contributed by atoms with Crippen molar-refractivity contribution in [1.82, 2.24) is 0 Å². The second-order valence-corrected chi connectivity index (χ2v) is 3.72.